The van der Waals surface area contributed by atoms with Crippen molar-refractivity contribution in [2.24, 2.45) is 28.9 Å². The Balaban J connectivity index is 1.49. The maximum Gasteiger partial charge on any atom is 0.215 e. The van der Waals surface area contributed by atoms with Crippen LogP contribution in [0.4, 0.5) is 0 Å². The first-order chi connectivity index (χ1) is 20.0. The summed E-state index contributed by atoms with van der Waals surface area (Å²) in [4.78, 5) is 0. The Labute approximate surface area is 247 Å². The topological polar surface area (TPSA) is 258 Å². The van der Waals surface area contributed by atoms with Crippen LogP contribution in [0.5, 0.6) is 0 Å². The monoisotopic (exact) mass is 603 g/mol. The van der Waals surface area contributed by atoms with E-state index in [4.69, 9.17) is 41.9 Å². The summed E-state index contributed by atoms with van der Waals surface area (Å²) < 4.78 is 24.4. The van der Waals surface area contributed by atoms with Gasteiger partial charge in [-0.25, -0.2) is 0 Å². The molecule has 4 aliphatic rings. The van der Waals surface area contributed by atoms with E-state index in [9.17, 15) is 20.4 Å². The van der Waals surface area contributed by atoms with Gasteiger partial charge in [0.25, 0.3) is 0 Å². The van der Waals surface area contributed by atoms with Crippen LogP contribution in [0.25, 0.3) is 0 Å². The summed E-state index contributed by atoms with van der Waals surface area (Å²) in [6.45, 7) is 2.62. The molecule has 2 heterocycles. The number of aliphatic hydroxyl groups is 4. The van der Waals surface area contributed by atoms with E-state index < -0.39 is 66.8 Å². The second-order valence-corrected chi connectivity index (χ2v) is 12.5. The lowest BCUT2D eigenvalue weighted by molar-refractivity contribution is -0.304. The van der Waals surface area contributed by atoms with E-state index in [2.05, 4.69) is 16.0 Å². The van der Waals surface area contributed by atoms with Gasteiger partial charge in [0.1, 0.15) is 35.8 Å². The minimum atomic E-state index is -1.34. The molecule has 244 valence electrons. The summed E-state index contributed by atoms with van der Waals surface area (Å²) in [5.41, 5.74) is 22.6. The van der Waals surface area contributed by atoms with Gasteiger partial charge in [-0.2, -0.15) is 0 Å². The van der Waals surface area contributed by atoms with Crippen molar-refractivity contribution < 1.29 is 39.4 Å². The van der Waals surface area contributed by atoms with Gasteiger partial charge in [-0.3, -0.25) is 0 Å². The van der Waals surface area contributed by atoms with Crippen LogP contribution in [-0.2, 0) is 18.9 Å². The van der Waals surface area contributed by atoms with E-state index in [-0.39, 0.29) is 38.3 Å². The first-order valence-electron chi connectivity index (χ1n) is 15.1. The molecule has 4 rings (SSSR count). The van der Waals surface area contributed by atoms with E-state index in [1.54, 1.807) is 14.0 Å². The lowest BCUT2D eigenvalue weighted by atomic mass is 9.81. The lowest BCUT2D eigenvalue weighted by Gasteiger charge is -2.49. The maximum atomic E-state index is 11.7. The SMILES string of the molecule is CN[C@@H]1[C@@H](O)[C@@H](O[C@H]2[C@H](NCC(O)CN)C[C@H](N)C(O[C@H]3OC(CN)=CC[C@H]3NCC3CC(N)C3)[C@@H]2O)OC[C@]1(C)O. The quantitative estimate of drug-likeness (QED) is 0.0947. The molecule has 15 nitrogen and oxygen atoms in total. The molecule has 0 amide bonds. The zero-order chi connectivity index (χ0) is 30.6. The van der Waals surface area contributed by atoms with Gasteiger partial charge in [-0.05, 0) is 58.2 Å². The first kappa shape index (κ1) is 33.9. The molecule has 15 heteroatoms. The van der Waals surface area contributed by atoms with Crippen molar-refractivity contribution in [3.8, 4) is 0 Å². The van der Waals surface area contributed by atoms with E-state index in [1.165, 1.54) is 0 Å². The van der Waals surface area contributed by atoms with Crippen molar-refractivity contribution in [3.63, 3.8) is 0 Å². The van der Waals surface area contributed by atoms with Gasteiger partial charge >= 0.3 is 0 Å². The molecule has 2 unspecified atom stereocenters. The van der Waals surface area contributed by atoms with Gasteiger partial charge in [0.05, 0.1) is 31.3 Å². The lowest BCUT2D eigenvalue weighted by Crippen LogP contribution is -2.69. The smallest absolute Gasteiger partial charge is 0.215 e. The minimum Gasteiger partial charge on any atom is -0.467 e. The van der Waals surface area contributed by atoms with E-state index in [0.717, 1.165) is 19.4 Å². The fraction of sp³-hybridized carbons (Fsp3) is 0.926. The zero-order valence-electron chi connectivity index (χ0n) is 24.7. The molecule has 0 aromatic heterocycles. The highest BCUT2D eigenvalue weighted by Crippen LogP contribution is 2.32. The molecule has 1 saturated heterocycles. The van der Waals surface area contributed by atoms with E-state index in [0.29, 0.717) is 24.5 Å². The number of ether oxygens (including phenoxy) is 4. The zero-order valence-corrected chi connectivity index (χ0v) is 24.7. The summed E-state index contributed by atoms with van der Waals surface area (Å²) in [6, 6.07) is -1.86. The Bertz CT molecular complexity index is 881. The summed E-state index contributed by atoms with van der Waals surface area (Å²) >= 11 is 0. The third-order valence-corrected chi connectivity index (χ3v) is 8.97. The summed E-state index contributed by atoms with van der Waals surface area (Å²) in [5.74, 6) is 1.08. The Morgan fingerprint density at radius 3 is 2.40 bits per heavy atom. The molecule has 42 heavy (non-hydrogen) atoms. The van der Waals surface area contributed by atoms with Gasteiger partial charge < -0.3 is 78.3 Å². The Hall–Kier alpha value is -1.02. The number of aliphatic hydroxyl groups excluding tert-OH is 3. The Kier molecular flexibility index (Phi) is 12.0. The fourth-order valence-electron chi connectivity index (χ4n) is 6.40. The molecule has 0 spiro atoms. The molecule has 2 saturated carbocycles. The molecular weight excluding hydrogens is 550 g/mol. The molecule has 0 aromatic rings. The molecular formula is C27H53N7O8. The van der Waals surface area contributed by atoms with Crippen LogP contribution in [0.2, 0.25) is 0 Å². The van der Waals surface area contributed by atoms with Crippen molar-refractivity contribution in [2.45, 2.75) is 112 Å². The minimum absolute atomic E-state index is 0.0478. The second-order valence-electron chi connectivity index (χ2n) is 12.5. The molecule has 2 aliphatic heterocycles. The van der Waals surface area contributed by atoms with Crippen molar-refractivity contribution in [3.05, 3.63) is 11.8 Å². The van der Waals surface area contributed by atoms with Gasteiger partial charge in [0.2, 0.25) is 6.29 Å². The molecule has 2 aliphatic carbocycles. The number of nitrogens with one attached hydrogen (secondary N) is 3. The molecule has 12 atom stereocenters. The third-order valence-electron chi connectivity index (χ3n) is 8.97. The highest BCUT2D eigenvalue weighted by molar-refractivity contribution is 5.06. The summed E-state index contributed by atoms with van der Waals surface area (Å²) in [6.07, 6.45) is -2.33. The average molecular weight is 604 g/mol. The van der Waals surface area contributed by atoms with Crippen LogP contribution in [0.1, 0.15) is 32.6 Å². The van der Waals surface area contributed by atoms with E-state index >= 15 is 0 Å². The van der Waals surface area contributed by atoms with Crippen LogP contribution in [0.15, 0.2) is 11.8 Å². The maximum absolute atomic E-state index is 11.7. The fourth-order valence-corrected chi connectivity index (χ4v) is 6.40. The van der Waals surface area contributed by atoms with Crippen LogP contribution >= 0.6 is 0 Å². The highest BCUT2D eigenvalue weighted by atomic mass is 16.7. The molecule has 15 N–H and O–H groups in total. The average Bonchev–Trinajstić information content (AvgIpc) is 2.94. The van der Waals surface area contributed by atoms with Crippen molar-refractivity contribution in [2.75, 3.05) is 39.8 Å². The number of hydrogen-bond acceptors (Lipinski definition) is 15. The summed E-state index contributed by atoms with van der Waals surface area (Å²) in [7, 11) is 1.62. The van der Waals surface area contributed by atoms with E-state index in [1.807, 2.05) is 6.08 Å². The van der Waals surface area contributed by atoms with Crippen molar-refractivity contribution in [1.29, 1.82) is 0 Å². The largest absolute Gasteiger partial charge is 0.467 e. The molecule has 3 fully saturated rings. The van der Waals surface area contributed by atoms with Crippen LogP contribution < -0.4 is 38.9 Å². The number of rotatable bonds is 13. The third kappa shape index (κ3) is 7.97. The number of hydrogen-bond donors (Lipinski definition) is 11. The van der Waals surface area contributed by atoms with Crippen LogP contribution in [-0.4, -0.2) is 139 Å². The number of likely N-dealkylation sites (N-methyl/N-ethyl adjacent to an activating group) is 1. The molecule has 0 bridgehead atoms. The molecule has 0 radical (unpaired) electrons. The van der Waals surface area contributed by atoms with Gasteiger partial charge in [-0.1, -0.05) is 0 Å². The number of nitrogens with two attached hydrogens (primary N) is 4. The second kappa shape index (κ2) is 14.8. The van der Waals surface area contributed by atoms with Crippen LogP contribution in [0.3, 0.4) is 0 Å². The van der Waals surface area contributed by atoms with Gasteiger partial charge in [0, 0.05) is 31.2 Å². The van der Waals surface area contributed by atoms with Crippen molar-refractivity contribution >= 4 is 0 Å². The first-order valence-corrected chi connectivity index (χ1v) is 15.1. The standard InChI is InChI=1S/C27H53N7O8/c1-27(38)12-39-26(21(37)24(27)32-2)42-23-19(34-11-15(35)8-28)7-17(31)22(20(23)36)41-25-18(4-3-16(9-29)40-25)33-10-13-5-14(30)6-13/h3,13-15,17-26,32-38H,4-12,28-31H2,1-2H3/t13?,14?,15?,17-,18+,19+,20-,21+,22?,23-,24+,25+,26+,27-/m0/s1. The van der Waals surface area contributed by atoms with Crippen molar-refractivity contribution in [1.82, 2.24) is 16.0 Å². The predicted molar refractivity (Wildman–Crippen MR) is 154 cm³/mol. The van der Waals surface area contributed by atoms with Gasteiger partial charge in [0.15, 0.2) is 6.29 Å². The highest BCUT2D eigenvalue weighted by Gasteiger charge is 2.51. The normalized spacial score (nSPS) is 45.0. The Morgan fingerprint density at radius 1 is 1.05 bits per heavy atom. The molecule has 0 aromatic carbocycles. The van der Waals surface area contributed by atoms with Gasteiger partial charge in [-0.15, -0.1) is 0 Å². The van der Waals surface area contributed by atoms with Crippen LogP contribution in [0, 0.1) is 5.92 Å². The summed E-state index contributed by atoms with van der Waals surface area (Å²) in [5, 5.41) is 53.1. The Morgan fingerprint density at radius 2 is 1.76 bits per heavy atom. The predicted octanol–water partition coefficient (Wildman–Crippen LogP) is -4.53.